The molecule has 1 atom stereocenters. The fourth-order valence-electron chi connectivity index (χ4n) is 2.20. The molecule has 0 aliphatic carbocycles. The molecule has 1 N–H and O–H groups in total. The second-order valence-electron chi connectivity index (χ2n) is 4.85. The Morgan fingerprint density at radius 1 is 1.15 bits per heavy atom. The third kappa shape index (κ3) is 4.04. The lowest BCUT2D eigenvalue weighted by atomic mass is 10.1. The lowest BCUT2D eigenvalue weighted by Crippen LogP contribution is -2.31. The minimum Gasteiger partial charge on any atom is -0.310 e. The molecule has 0 heterocycles. The fourth-order valence-corrected chi connectivity index (χ4v) is 3.74. The van der Waals surface area contributed by atoms with E-state index in [0.717, 1.165) is 18.5 Å². The Labute approximate surface area is 123 Å². The first kappa shape index (κ1) is 17.1. The molecule has 0 aliphatic rings. The van der Waals surface area contributed by atoms with Crippen molar-refractivity contribution in [2.75, 3.05) is 19.6 Å². The Hall–Kier alpha value is -0.910. The second-order valence-corrected chi connectivity index (χ2v) is 6.78. The van der Waals surface area contributed by atoms with Crippen LogP contribution in [0.15, 0.2) is 29.2 Å². The monoisotopic (exact) mass is 298 g/mol. The van der Waals surface area contributed by atoms with Crippen LogP contribution in [0.1, 0.15) is 45.7 Å². The van der Waals surface area contributed by atoms with Gasteiger partial charge in [0, 0.05) is 19.1 Å². The molecule has 20 heavy (non-hydrogen) atoms. The summed E-state index contributed by atoms with van der Waals surface area (Å²) in [5.41, 5.74) is 1.10. The van der Waals surface area contributed by atoms with Gasteiger partial charge in [0.15, 0.2) is 0 Å². The fraction of sp³-hybridized carbons (Fsp3) is 0.600. The van der Waals surface area contributed by atoms with Crippen molar-refractivity contribution in [2.24, 2.45) is 0 Å². The molecule has 0 amide bonds. The Morgan fingerprint density at radius 3 is 2.20 bits per heavy atom. The van der Waals surface area contributed by atoms with Crippen LogP contribution in [0.3, 0.4) is 0 Å². The topological polar surface area (TPSA) is 49.4 Å². The van der Waals surface area contributed by atoms with Crippen LogP contribution in [-0.2, 0) is 10.0 Å². The third-order valence-corrected chi connectivity index (χ3v) is 5.34. The number of sulfonamides is 1. The third-order valence-electron chi connectivity index (χ3n) is 3.35. The van der Waals surface area contributed by atoms with Gasteiger partial charge >= 0.3 is 0 Å². The number of hydrogen-bond acceptors (Lipinski definition) is 3. The van der Waals surface area contributed by atoms with Crippen LogP contribution in [-0.4, -0.2) is 32.4 Å². The Kier molecular flexibility index (Phi) is 6.65. The van der Waals surface area contributed by atoms with E-state index in [1.165, 1.54) is 4.31 Å². The summed E-state index contributed by atoms with van der Waals surface area (Å²) < 4.78 is 26.5. The molecule has 1 rings (SSSR count). The first-order valence-corrected chi connectivity index (χ1v) is 8.74. The smallest absolute Gasteiger partial charge is 0.243 e. The van der Waals surface area contributed by atoms with E-state index in [2.05, 4.69) is 19.2 Å². The van der Waals surface area contributed by atoms with E-state index in [1.54, 1.807) is 12.1 Å². The van der Waals surface area contributed by atoms with Gasteiger partial charge in [0.1, 0.15) is 0 Å². The minimum atomic E-state index is -3.36. The quantitative estimate of drug-likeness (QED) is 0.803. The summed E-state index contributed by atoms with van der Waals surface area (Å²) in [5.74, 6) is 0. The van der Waals surface area contributed by atoms with Gasteiger partial charge in [-0.3, -0.25) is 0 Å². The van der Waals surface area contributed by atoms with E-state index in [-0.39, 0.29) is 6.04 Å². The number of nitrogens with zero attached hydrogens (tertiary/aromatic N) is 1. The molecule has 1 aromatic rings. The van der Waals surface area contributed by atoms with Crippen LogP contribution < -0.4 is 5.32 Å². The minimum absolute atomic E-state index is 0.231. The molecule has 1 aromatic carbocycles. The van der Waals surface area contributed by atoms with Crippen LogP contribution in [0.2, 0.25) is 0 Å². The Balaban J connectivity index is 2.97. The highest BCUT2D eigenvalue weighted by Gasteiger charge is 2.22. The first-order valence-electron chi connectivity index (χ1n) is 7.30. The largest absolute Gasteiger partial charge is 0.310 e. The molecule has 4 nitrogen and oxygen atoms in total. The van der Waals surface area contributed by atoms with Crippen molar-refractivity contribution in [1.29, 1.82) is 0 Å². The Morgan fingerprint density at radius 2 is 1.75 bits per heavy atom. The molecule has 0 bridgehead atoms. The average Bonchev–Trinajstić information content (AvgIpc) is 2.45. The number of rotatable bonds is 8. The van der Waals surface area contributed by atoms with Gasteiger partial charge in [-0.05, 0) is 37.6 Å². The predicted octanol–water partition coefficient (Wildman–Crippen LogP) is 2.78. The van der Waals surface area contributed by atoms with Crippen molar-refractivity contribution in [2.45, 2.75) is 45.1 Å². The highest BCUT2D eigenvalue weighted by molar-refractivity contribution is 7.89. The predicted molar refractivity (Wildman–Crippen MR) is 83.3 cm³/mol. The zero-order valence-electron chi connectivity index (χ0n) is 12.9. The van der Waals surface area contributed by atoms with Gasteiger partial charge in [-0.25, -0.2) is 8.42 Å². The van der Waals surface area contributed by atoms with E-state index in [4.69, 9.17) is 0 Å². The van der Waals surface area contributed by atoms with Gasteiger partial charge in [0.2, 0.25) is 10.0 Å². The molecule has 0 saturated carbocycles. The summed E-state index contributed by atoms with van der Waals surface area (Å²) in [6.07, 6.45) is 0.822. The standard InChI is InChI=1S/C15H26N2O2S/c1-5-12-17(7-3)20(18,19)15-10-8-14(9-11-15)13(4)16-6-2/h8-11,13,16H,5-7,12H2,1-4H3. The summed E-state index contributed by atoms with van der Waals surface area (Å²) in [6.45, 7) is 9.94. The maximum Gasteiger partial charge on any atom is 0.243 e. The SMILES string of the molecule is CCCN(CC)S(=O)(=O)c1ccc(C(C)NCC)cc1. The molecular weight excluding hydrogens is 272 g/mol. The van der Waals surface area contributed by atoms with E-state index in [0.29, 0.717) is 18.0 Å². The van der Waals surface area contributed by atoms with Gasteiger partial charge in [-0.2, -0.15) is 4.31 Å². The van der Waals surface area contributed by atoms with Crippen LogP contribution in [0.25, 0.3) is 0 Å². The van der Waals surface area contributed by atoms with Crippen molar-refractivity contribution < 1.29 is 8.42 Å². The summed E-state index contributed by atoms with van der Waals surface area (Å²) in [7, 11) is -3.36. The van der Waals surface area contributed by atoms with Gasteiger partial charge in [0.25, 0.3) is 0 Å². The van der Waals surface area contributed by atoms with Crippen LogP contribution in [0.4, 0.5) is 0 Å². The molecule has 0 aliphatic heterocycles. The van der Waals surface area contributed by atoms with Crippen LogP contribution in [0.5, 0.6) is 0 Å². The number of hydrogen-bond donors (Lipinski definition) is 1. The maximum absolute atomic E-state index is 12.5. The highest BCUT2D eigenvalue weighted by Crippen LogP contribution is 2.19. The van der Waals surface area contributed by atoms with Crippen LogP contribution in [0, 0.1) is 0 Å². The van der Waals surface area contributed by atoms with Crippen molar-refractivity contribution in [3.8, 4) is 0 Å². The number of nitrogens with one attached hydrogen (secondary N) is 1. The summed E-state index contributed by atoms with van der Waals surface area (Å²) in [4.78, 5) is 0.375. The molecule has 0 saturated heterocycles. The van der Waals surface area contributed by atoms with Gasteiger partial charge in [-0.15, -0.1) is 0 Å². The summed E-state index contributed by atoms with van der Waals surface area (Å²) in [6, 6.07) is 7.42. The van der Waals surface area contributed by atoms with Gasteiger partial charge in [-0.1, -0.05) is 32.9 Å². The van der Waals surface area contributed by atoms with Gasteiger partial charge in [0.05, 0.1) is 4.90 Å². The lowest BCUT2D eigenvalue weighted by molar-refractivity contribution is 0.427. The molecule has 5 heteroatoms. The first-order chi connectivity index (χ1) is 9.47. The van der Waals surface area contributed by atoms with Crippen molar-refractivity contribution in [1.82, 2.24) is 9.62 Å². The molecule has 0 fully saturated rings. The normalized spacial score (nSPS) is 13.7. The molecule has 0 spiro atoms. The molecule has 0 aromatic heterocycles. The van der Waals surface area contributed by atoms with E-state index >= 15 is 0 Å². The molecular formula is C15H26N2O2S. The van der Waals surface area contributed by atoms with E-state index in [1.807, 2.05) is 26.0 Å². The van der Waals surface area contributed by atoms with Crippen molar-refractivity contribution >= 4 is 10.0 Å². The lowest BCUT2D eigenvalue weighted by Gasteiger charge is -2.20. The zero-order chi connectivity index (χ0) is 15.2. The molecule has 114 valence electrons. The van der Waals surface area contributed by atoms with Crippen molar-refractivity contribution in [3.63, 3.8) is 0 Å². The van der Waals surface area contributed by atoms with Gasteiger partial charge < -0.3 is 5.32 Å². The average molecular weight is 298 g/mol. The Bertz CT molecular complexity index is 497. The highest BCUT2D eigenvalue weighted by atomic mass is 32.2. The summed E-state index contributed by atoms with van der Waals surface area (Å²) in [5, 5.41) is 3.31. The van der Waals surface area contributed by atoms with E-state index in [9.17, 15) is 8.42 Å². The van der Waals surface area contributed by atoms with Crippen LogP contribution >= 0.6 is 0 Å². The van der Waals surface area contributed by atoms with E-state index < -0.39 is 10.0 Å². The maximum atomic E-state index is 12.5. The second kappa shape index (κ2) is 7.76. The number of benzene rings is 1. The van der Waals surface area contributed by atoms with Crippen molar-refractivity contribution in [3.05, 3.63) is 29.8 Å². The summed E-state index contributed by atoms with van der Waals surface area (Å²) >= 11 is 0. The molecule has 0 radical (unpaired) electrons. The molecule has 1 unspecified atom stereocenters. The zero-order valence-corrected chi connectivity index (χ0v) is 13.7.